The van der Waals surface area contributed by atoms with Crippen LogP contribution in [0, 0.1) is 5.41 Å². The highest BCUT2D eigenvalue weighted by Crippen LogP contribution is 2.61. The minimum absolute atomic E-state index is 0.0222. The number of rotatable bonds is 30. The molecular weight excluding hydrogens is 923 g/mol. The minimum atomic E-state index is -5.59. The van der Waals surface area contributed by atoms with E-state index in [1.54, 1.807) is 0 Å². The maximum Gasteiger partial charge on any atom is 0.481 e. The van der Waals surface area contributed by atoms with E-state index in [9.17, 15) is 67.5 Å². The summed E-state index contributed by atoms with van der Waals surface area (Å²) in [6, 6.07) is 0. The summed E-state index contributed by atoms with van der Waals surface area (Å²) in [7, 11) is -16.4. The molecule has 3 heterocycles. The number of imidazole rings is 1. The molecule has 1 saturated heterocycles. The summed E-state index contributed by atoms with van der Waals surface area (Å²) in [6.45, 7) is 2.45. The van der Waals surface area contributed by atoms with Gasteiger partial charge in [0.2, 0.25) is 11.8 Å². The number of nitrogens with one attached hydrogen (secondary N) is 2. The number of nitrogens with zero attached hydrogens (tertiary/aromatic N) is 4. The lowest BCUT2D eigenvalue weighted by atomic mass is 9.87. The van der Waals surface area contributed by atoms with Crippen molar-refractivity contribution in [3.63, 3.8) is 0 Å². The van der Waals surface area contributed by atoms with Crippen molar-refractivity contribution >= 4 is 81.4 Å². The number of ketones is 3. The monoisotopic (exact) mass is 977 g/mol. The smallest absolute Gasteiger partial charge is 0.386 e. The Labute approximate surface area is 365 Å². The van der Waals surface area contributed by atoms with Gasteiger partial charge < -0.3 is 50.9 Å². The van der Waals surface area contributed by atoms with Gasteiger partial charge in [0.25, 0.3) is 0 Å². The van der Waals surface area contributed by atoms with E-state index in [2.05, 4.69) is 34.4 Å². The number of hydrogen-bond acceptors (Lipinski definition) is 20. The number of phosphoric ester groups is 3. The van der Waals surface area contributed by atoms with Crippen molar-refractivity contribution < 1.29 is 90.1 Å². The maximum absolute atomic E-state index is 12.7. The average Bonchev–Trinajstić information content (AvgIpc) is 3.74. The molecule has 1 aliphatic heterocycles. The van der Waals surface area contributed by atoms with Crippen LogP contribution in [0.25, 0.3) is 11.2 Å². The standard InChI is InChI=1S/C33H54N7O19P3S/c1-4-5-6-7-20(41)14-22(43)15-21(42)9-12-63-13-11-35-24(44)8-10-36-31(47)28(46)33(2,3)17-56-62(53,54)59-61(51,52)55-16-23-27(58-60(48,49)50)26(45)32(57-23)40-19-39-25-29(34)37-18-38-30(25)40/h18-19,23,26-28,32,45-46H,4-17H2,1-3H3,(H,35,44)(H,36,47)(H,51,52)(H,53,54)(H2,34,37,38)(H2,48,49,50)/t23-,26-,27-,28?,32-/m1/s1. The molecule has 63 heavy (non-hydrogen) atoms. The minimum Gasteiger partial charge on any atom is -0.386 e. The number of ether oxygens (including phenoxy) is 1. The lowest BCUT2D eigenvalue weighted by Gasteiger charge is -2.30. The second-order valence-electron chi connectivity index (χ2n) is 14.9. The fraction of sp³-hybridized carbons (Fsp3) is 0.697. The van der Waals surface area contributed by atoms with Crippen LogP contribution in [-0.2, 0) is 60.3 Å². The Morgan fingerprint density at radius 1 is 0.921 bits per heavy atom. The summed E-state index contributed by atoms with van der Waals surface area (Å²) in [4.78, 5) is 112. The summed E-state index contributed by atoms with van der Waals surface area (Å²) < 4.78 is 62.2. The number of phosphoric acid groups is 3. The van der Waals surface area contributed by atoms with Crippen molar-refractivity contribution in [1.29, 1.82) is 0 Å². The molecule has 1 aliphatic rings. The van der Waals surface area contributed by atoms with Crippen LogP contribution in [0.2, 0.25) is 0 Å². The van der Waals surface area contributed by atoms with E-state index in [1.807, 2.05) is 6.92 Å². The summed E-state index contributed by atoms with van der Waals surface area (Å²) in [5, 5.41) is 26.5. The molecule has 0 aromatic carbocycles. The number of anilines is 1. The van der Waals surface area contributed by atoms with Crippen molar-refractivity contribution in [1.82, 2.24) is 30.2 Å². The lowest BCUT2D eigenvalue weighted by Crippen LogP contribution is -2.46. The van der Waals surface area contributed by atoms with E-state index in [0.717, 1.165) is 36.5 Å². The number of carbonyl (C=O) groups is 5. The molecule has 2 aromatic rings. The summed E-state index contributed by atoms with van der Waals surface area (Å²) >= 11 is 1.37. The summed E-state index contributed by atoms with van der Waals surface area (Å²) in [5.74, 6) is -1.46. The van der Waals surface area contributed by atoms with Gasteiger partial charge in [-0.3, -0.25) is 42.1 Å². The molecule has 0 bridgehead atoms. The van der Waals surface area contributed by atoms with Gasteiger partial charge in [0.1, 0.15) is 53.6 Å². The summed E-state index contributed by atoms with van der Waals surface area (Å²) in [6.07, 6.45) is -4.50. The van der Waals surface area contributed by atoms with Crippen molar-refractivity contribution in [2.24, 2.45) is 5.41 Å². The van der Waals surface area contributed by atoms with E-state index in [1.165, 1.54) is 25.6 Å². The Hall–Kier alpha value is -3.10. The number of unbranched alkanes of at least 4 members (excludes halogenated alkanes) is 2. The average molecular weight is 978 g/mol. The second-order valence-corrected chi connectivity index (χ2v) is 20.3. The van der Waals surface area contributed by atoms with Crippen LogP contribution in [0.4, 0.5) is 5.82 Å². The molecule has 0 spiro atoms. The second kappa shape index (κ2) is 24.4. The van der Waals surface area contributed by atoms with Gasteiger partial charge in [-0.1, -0.05) is 33.6 Å². The first-order valence-corrected chi connectivity index (χ1v) is 25.0. The Morgan fingerprint density at radius 2 is 1.59 bits per heavy atom. The van der Waals surface area contributed by atoms with Crippen molar-refractivity contribution in [3.8, 4) is 0 Å². The van der Waals surface area contributed by atoms with Crippen molar-refractivity contribution in [3.05, 3.63) is 12.7 Å². The SMILES string of the molecule is CCCCCC(=O)CC(=O)CC(=O)CCSCCNC(=O)CCNC(=O)C(O)C(C)(C)COP(=O)(O)OP(=O)(O)OC[C@H]1O[C@@H](n2cnc3c(N)ncnc32)[C@H](O)[C@@H]1OP(=O)(O)O. The third-order valence-electron chi connectivity index (χ3n) is 9.02. The first-order valence-electron chi connectivity index (χ1n) is 19.4. The first-order chi connectivity index (χ1) is 29.3. The van der Waals surface area contributed by atoms with E-state index in [4.69, 9.17) is 19.5 Å². The Bertz CT molecular complexity index is 2060. The zero-order valence-corrected chi connectivity index (χ0v) is 38.0. The van der Waals surface area contributed by atoms with Gasteiger partial charge in [-0.2, -0.15) is 16.1 Å². The topological polar surface area (TPSA) is 398 Å². The number of aliphatic hydroxyl groups excluding tert-OH is 2. The number of fused-ring (bicyclic) bond motifs is 1. The van der Waals surface area contributed by atoms with Crippen LogP contribution >= 0.6 is 35.2 Å². The molecule has 7 atom stereocenters. The normalized spacial score (nSPS) is 20.5. The van der Waals surface area contributed by atoms with Crippen LogP contribution < -0.4 is 16.4 Å². The number of aromatic nitrogens is 4. The molecule has 0 radical (unpaired) electrons. The maximum atomic E-state index is 12.7. The van der Waals surface area contributed by atoms with Crippen LogP contribution in [0.1, 0.15) is 78.4 Å². The third-order valence-corrected chi connectivity index (χ3v) is 13.1. The zero-order chi connectivity index (χ0) is 47.2. The Kier molecular flexibility index (Phi) is 21.0. The number of amides is 2. The number of aliphatic hydroxyl groups is 2. The van der Waals surface area contributed by atoms with Gasteiger partial charge in [0.15, 0.2) is 17.7 Å². The predicted octanol–water partition coefficient (Wildman–Crippen LogP) is 0.596. The molecule has 30 heteroatoms. The van der Waals surface area contributed by atoms with Crippen molar-refractivity contribution in [2.75, 3.05) is 43.5 Å². The molecule has 0 saturated carbocycles. The number of Topliss-reactive ketones (excluding diaryl/α,β-unsaturated/α-hetero) is 3. The van der Waals surface area contributed by atoms with E-state index >= 15 is 0 Å². The Balaban J connectivity index is 1.38. The Morgan fingerprint density at radius 3 is 2.25 bits per heavy atom. The molecule has 2 amide bonds. The van der Waals surface area contributed by atoms with Gasteiger partial charge in [-0.05, 0) is 6.42 Å². The van der Waals surface area contributed by atoms with E-state index < -0.39 is 90.3 Å². The quantitative estimate of drug-likeness (QED) is 0.0294. The van der Waals surface area contributed by atoms with E-state index in [-0.39, 0.29) is 67.3 Å². The van der Waals surface area contributed by atoms with Crippen LogP contribution in [-0.4, -0.2) is 141 Å². The summed E-state index contributed by atoms with van der Waals surface area (Å²) in [5.41, 5.74) is 4.23. The number of carbonyl (C=O) groups excluding carboxylic acids is 5. The molecule has 1 fully saturated rings. The van der Waals surface area contributed by atoms with Gasteiger partial charge in [0, 0.05) is 49.3 Å². The molecule has 26 nitrogen and oxygen atoms in total. The predicted molar refractivity (Wildman–Crippen MR) is 220 cm³/mol. The molecule has 356 valence electrons. The first kappa shape index (κ1) is 54.2. The third kappa shape index (κ3) is 18.4. The zero-order valence-electron chi connectivity index (χ0n) is 34.5. The van der Waals surface area contributed by atoms with Gasteiger partial charge in [0.05, 0.1) is 32.4 Å². The van der Waals surface area contributed by atoms with E-state index in [0.29, 0.717) is 17.9 Å². The highest BCUT2D eigenvalue weighted by molar-refractivity contribution is 7.99. The largest absolute Gasteiger partial charge is 0.481 e. The molecule has 2 aromatic heterocycles. The highest BCUT2D eigenvalue weighted by atomic mass is 32.2. The van der Waals surface area contributed by atoms with Crippen LogP contribution in [0.5, 0.6) is 0 Å². The van der Waals surface area contributed by atoms with Crippen molar-refractivity contribution in [2.45, 2.75) is 103 Å². The number of nitrogens with two attached hydrogens (primary N) is 1. The number of nitrogen functional groups attached to an aromatic ring is 1. The molecule has 0 aliphatic carbocycles. The molecule has 3 unspecified atom stereocenters. The van der Waals surface area contributed by atoms with Crippen LogP contribution in [0.3, 0.4) is 0 Å². The molecular formula is C33H54N7O19P3S. The lowest BCUT2D eigenvalue weighted by molar-refractivity contribution is -0.137. The van der Waals surface area contributed by atoms with Gasteiger partial charge >= 0.3 is 23.5 Å². The van der Waals surface area contributed by atoms with Gasteiger partial charge in [-0.25, -0.2) is 28.6 Å². The molecule has 3 rings (SSSR count). The van der Waals surface area contributed by atoms with Gasteiger partial charge in [-0.15, -0.1) is 0 Å². The molecule has 10 N–H and O–H groups in total. The van der Waals surface area contributed by atoms with Crippen LogP contribution in [0.15, 0.2) is 12.7 Å². The fourth-order valence-electron chi connectivity index (χ4n) is 5.74. The highest BCUT2D eigenvalue weighted by Gasteiger charge is 2.50. The number of hydrogen-bond donors (Lipinski definition) is 9. The fourth-order valence-corrected chi connectivity index (χ4v) is 9.39. The number of thioether (sulfide) groups is 1.